The van der Waals surface area contributed by atoms with Crippen molar-refractivity contribution in [3.8, 4) is 0 Å². The number of hydrogen-bond acceptors (Lipinski definition) is 6. The molecule has 1 aromatic heterocycles. The first-order chi connectivity index (χ1) is 8.76. The van der Waals surface area contributed by atoms with E-state index < -0.39 is 0 Å². The standard InChI is InChI=1S/C12H21N3O3/c1-13-5-9-4-10(18-14-9)6-15-7-11(16-2)12(8-15)17-3/h4,11-13H,5-8H2,1-3H3. The molecule has 2 rings (SSSR count). The van der Waals surface area contributed by atoms with Crippen LogP contribution in [0.2, 0.25) is 0 Å². The molecule has 1 aliphatic heterocycles. The lowest BCUT2D eigenvalue weighted by atomic mass is 10.3. The van der Waals surface area contributed by atoms with Gasteiger partial charge in [-0.1, -0.05) is 5.16 Å². The number of likely N-dealkylation sites (tertiary alicyclic amines) is 1. The van der Waals surface area contributed by atoms with Gasteiger partial charge in [-0.25, -0.2) is 0 Å². The Labute approximate surface area is 107 Å². The van der Waals surface area contributed by atoms with Gasteiger partial charge in [0, 0.05) is 39.9 Å². The smallest absolute Gasteiger partial charge is 0.151 e. The molecule has 6 nitrogen and oxygen atoms in total. The number of nitrogens with one attached hydrogen (secondary N) is 1. The molecular weight excluding hydrogens is 234 g/mol. The molecule has 0 aliphatic carbocycles. The minimum absolute atomic E-state index is 0.134. The molecule has 1 saturated heterocycles. The molecule has 1 fully saturated rings. The first-order valence-electron chi connectivity index (χ1n) is 6.13. The van der Waals surface area contributed by atoms with Gasteiger partial charge in [-0.2, -0.15) is 0 Å². The summed E-state index contributed by atoms with van der Waals surface area (Å²) in [7, 11) is 5.33. The van der Waals surface area contributed by atoms with Gasteiger partial charge in [-0.3, -0.25) is 4.90 Å². The minimum Gasteiger partial charge on any atom is -0.377 e. The summed E-state index contributed by atoms with van der Waals surface area (Å²) in [4.78, 5) is 2.26. The Kier molecular flexibility index (Phi) is 4.71. The van der Waals surface area contributed by atoms with Crippen LogP contribution in [0.1, 0.15) is 11.5 Å². The fourth-order valence-electron chi connectivity index (χ4n) is 2.32. The van der Waals surface area contributed by atoms with Crippen LogP contribution in [0.15, 0.2) is 10.6 Å². The van der Waals surface area contributed by atoms with Crippen LogP contribution in [0.3, 0.4) is 0 Å². The molecule has 1 aromatic rings. The largest absolute Gasteiger partial charge is 0.377 e. The summed E-state index contributed by atoms with van der Waals surface area (Å²) in [5.74, 6) is 0.881. The molecule has 1 aliphatic rings. The van der Waals surface area contributed by atoms with Crippen LogP contribution in [-0.4, -0.2) is 56.6 Å². The number of hydrogen-bond donors (Lipinski definition) is 1. The van der Waals surface area contributed by atoms with E-state index >= 15 is 0 Å². The van der Waals surface area contributed by atoms with Crippen LogP contribution in [-0.2, 0) is 22.6 Å². The minimum atomic E-state index is 0.134. The van der Waals surface area contributed by atoms with E-state index in [0.717, 1.165) is 37.6 Å². The number of ether oxygens (including phenoxy) is 2. The summed E-state index contributed by atoms with van der Waals surface area (Å²) in [5, 5.41) is 7.05. The van der Waals surface area contributed by atoms with Gasteiger partial charge >= 0.3 is 0 Å². The van der Waals surface area contributed by atoms with Crippen molar-refractivity contribution in [1.29, 1.82) is 0 Å². The van der Waals surface area contributed by atoms with Crippen molar-refractivity contribution in [2.24, 2.45) is 0 Å². The van der Waals surface area contributed by atoms with Gasteiger partial charge in [0.2, 0.25) is 0 Å². The highest BCUT2D eigenvalue weighted by atomic mass is 16.5. The highest BCUT2D eigenvalue weighted by Gasteiger charge is 2.33. The quantitative estimate of drug-likeness (QED) is 0.786. The van der Waals surface area contributed by atoms with Crippen molar-refractivity contribution in [2.75, 3.05) is 34.4 Å². The predicted octanol–water partition coefficient (Wildman–Crippen LogP) is 0.240. The van der Waals surface area contributed by atoms with Gasteiger partial charge in [0.05, 0.1) is 24.4 Å². The molecule has 6 heteroatoms. The van der Waals surface area contributed by atoms with Crippen LogP contribution in [0.5, 0.6) is 0 Å². The average molecular weight is 255 g/mol. The molecule has 0 aromatic carbocycles. The third-order valence-electron chi connectivity index (χ3n) is 3.24. The van der Waals surface area contributed by atoms with E-state index in [-0.39, 0.29) is 12.2 Å². The number of methoxy groups -OCH3 is 2. The third-order valence-corrected chi connectivity index (χ3v) is 3.24. The summed E-state index contributed by atoms with van der Waals surface area (Å²) >= 11 is 0. The topological polar surface area (TPSA) is 59.8 Å². The third kappa shape index (κ3) is 3.08. The van der Waals surface area contributed by atoms with Crippen LogP contribution >= 0.6 is 0 Å². The number of rotatable bonds is 6. The summed E-state index contributed by atoms with van der Waals surface area (Å²) < 4.78 is 16.1. The predicted molar refractivity (Wildman–Crippen MR) is 66.1 cm³/mol. The number of aromatic nitrogens is 1. The van der Waals surface area contributed by atoms with E-state index in [1.54, 1.807) is 14.2 Å². The SMILES string of the molecule is CNCc1cc(CN2CC(OC)C(OC)C2)on1. The molecule has 1 N–H and O–H groups in total. The Morgan fingerprint density at radius 3 is 2.61 bits per heavy atom. The summed E-state index contributed by atoms with van der Waals surface area (Å²) in [6, 6.07) is 1.98. The fraction of sp³-hybridized carbons (Fsp3) is 0.750. The van der Waals surface area contributed by atoms with E-state index in [2.05, 4.69) is 15.4 Å². The van der Waals surface area contributed by atoms with E-state index in [0.29, 0.717) is 0 Å². The van der Waals surface area contributed by atoms with Gasteiger partial charge in [0.1, 0.15) is 0 Å². The number of nitrogens with zero attached hydrogens (tertiary/aromatic N) is 2. The molecular formula is C12H21N3O3. The van der Waals surface area contributed by atoms with Crippen LogP contribution < -0.4 is 5.32 Å². The Morgan fingerprint density at radius 2 is 2.06 bits per heavy atom. The Balaban J connectivity index is 1.89. The molecule has 0 saturated carbocycles. The maximum absolute atomic E-state index is 5.40. The van der Waals surface area contributed by atoms with Crippen molar-refractivity contribution in [2.45, 2.75) is 25.3 Å². The maximum atomic E-state index is 5.40. The average Bonchev–Trinajstić information content (AvgIpc) is 2.97. The summed E-state index contributed by atoms with van der Waals surface area (Å²) in [6.07, 6.45) is 0.268. The zero-order valence-electron chi connectivity index (χ0n) is 11.2. The monoisotopic (exact) mass is 255 g/mol. The second-order valence-corrected chi connectivity index (χ2v) is 4.56. The van der Waals surface area contributed by atoms with E-state index in [1.807, 2.05) is 13.1 Å². The highest BCUT2D eigenvalue weighted by molar-refractivity contribution is 5.05. The van der Waals surface area contributed by atoms with Crippen molar-refractivity contribution < 1.29 is 14.0 Å². The van der Waals surface area contributed by atoms with Gasteiger partial charge in [-0.05, 0) is 7.05 Å². The van der Waals surface area contributed by atoms with E-state index in [9.17, 15) is 0 Å². The fourth-order valence-corrected chi connectivity index (χ4v) is 2.32. The molecule has 0 radical (unpaired) electrons. The Hall–Kier alpha value is -0.950. The van der Waals surface area contributed by atoms with Gasteiger partial charge in [0.25, 0.3) is 0 Å². The molecule has 0 bridgehead atoms. The van der Waals surface area contributed by atoms with Crippen molar-refractivity contribution in [3.63, 3.8) is 0 Å². The summed E-state index contributed by atoms with van der Waals surface area (Å²) in [6.45, 7) is 3.19. The molecule has 2 atom stereocenters. The molecule has 0 spiro atoms. The van der Waals surface area contributed by atoms with Gasteiger partial charge < -0.3 is 19.3 Å². The lowest BCUT2D eigenvalue weighted by Gasteiger charge is -2.13. The second-order valence-electron chi connectivity index (χ2n) is 4.56. The lowest BCUT2D eigenvalue weighted by molar-refractivity contribution is -0.00461. The molecule has 0 amide bonds. The molecule has 18 heavy (non-hydrogen) atoms. The first kappa shape index (κ1) is 13.5. The van der Waals surface area contributed by atoms with E-state index in [1.165, 1.54) is 0 Å². The first-order valence-corrected chi connectivity index (χ1v) is 6.13. The molecule has 102 valence electrons. The maximum Gasteiger partial charge on any atom is 0.151 e. The zero-order valence-corrected chi connectivity index (χ0v) is 11.2. The van der Waals surface area contributed by atoms with Gasteiger partial charge in [-0.15, -0.1) is 0 Å². The van der Waals surface area contributed by atoms with Gasteiger partial charge in [0.15, 0.2) is 5.76 Å². The van der Waals surface area contributed by atoms with Crippen molar-refractivity contribution in [3.05, 3.63) is 17.5 Å². The highest BCUT2D eigenvalue weighted by Crippen LogP contribution is 2.18. The van der Waals surface area contributed by atoms with Crippen LogP contribution in [0, 0.1) is 0 Å². The van der Waals surface area contributed by atoms with Crippen molar-refractivity contribution >= 4 is 0 Å². The zero-order chi connectivity index (χ0) is 13.0. The van der Waals surface area contributed by atoms with Crippen LogP contribution in [0.25, 0.3) is 0 Å². The molecule has 2 unspecified atom stereocenters. The second kappa shape index (κ2) is 6.29. The van der Waals surface area contributed by atoms with Crippen LogP contribution in [0.4, 0.5) is 0 Å². The van der Waals surface area contributed by atoms with Crippen molar-refractivity contribution in [1.82, 2.24) is 15.4 Å². The Bertz CT molecular complexity index is 357. The molecule has 2 heterocycles. The summed E-state index contributed by atoms with van der Waals surface area (Å²) in [5.41, 5.74) is 0.929. The normalized spacial score (nSPS) is 24.8. The lowest BCUT2D eigenvalue weighted by Crippen LogP contribution is -2.27. The van der Waals surface area contributed by atoms with E-state index in [4.69, 9.17) is 14.0 Å². The Morgan fingerprint density at radius 1 is 1.39 bits per heavy atom.